The maximum Gasteiger partial charge on any atom is 0.414 e. The summed E-state index contributed by atoms with van der Waals surface area (Å²) in [4.78, 5) is 36.5. The summed E-state index contributed by atoms with van der Waals surface area (Å²) in [6.07, 6.45) is 11.8. The lowest BCUT2D eigenvalue weighted by Crippen LogP contribution is -2.55. The van der Waals surface area contributed by atoms with Gasteiger partial charge in [0.05, 0.1) is 12.0 Å². The van der Waals surface area contributed by atoms with E-state index in [-0.39, 0.29) is 41.0 Å². The summed E-state index contributed by atoms with van der Waals surface area (Å²) in [5.41, 5.74) is 0.221. The molecule has 0 aromatic rings. The molecule has 0 aromatic carbocycles. The van der Waals surface area contributed by atoms with Gasteiger partial charge in [-0.25, -0.2) is 9.59 Å². The van der Waals surface area contributed by atoms with Crippen LogP contribution in [-0.2, 0) is 23.9 Å². The van der Waals surface area contributed by atoms with Crippen LogP contribution in [0.3, 0.4) is 0 Å². The van der Waals surface area contributed by atoms with Gasteiger partial charge in [-0.05, 0) is 77.0 Å². The number of carbonyl (C=O) groups is 3. The van der Waals surface area contributed by atoms with Crippen LogP contribution in [-0.4, -0.2) is 94.5 Å². The van der Waals surface area contributed by atoms with E-state index in [2.05, 4.69) is 23.6 Å². The van der Waals surface area contributed by atoms with Crippen molar-refractivity contribution in [2.24, 2.45) is 23.2 Å². The van der Waals surface area contributed by atoms with Gasteiger partial charge < -0.3 is 29.5 Å². The molecule has 7 atom stereocenters. The normalized spacial score (nSPS) is 42.7. The molecule has 6 rings (SSSR count). The van der Waals surface area contributed by atoms with Crippen molar-refractivity contribution in [2.45, 2.75) is 95.5 Å². The van der Waals surface area contributed by atoms with E-state index in [1.54, 1.807) is 0 Å². The standard InChI is InChI=1S/C25H40N2O3.C2H2O4/c1-17-7-6-10-24(2)15-20-21(22-25(17,24)30-22)19(23(28)29-20)16-26-13-8-18(9-14-26)27-11-4-3-5-12-27;3-1(4)2(5)6/h17-22H,3-16H2,1-2H3;(H,3,4)(H,5,6)/t17-,19?,20+,21+,22?,24+,25?;/m0./s1. The lowest BCUT2D eigenvalue weighted by molar-refractivity contribution is -0.159. The average Bonchev–Trinajstić information content (AvgIpc) is 3.54. The molecule has 9 heteroatoms. The minimum absolute atomic E-state index is 0.0181. The third-order valence-corrected chi connectivity index (χ3v) is 10.3. The Morgan fingerprint density at radius 3 is 2.31 bits per heavy atom. The van der Waals surface area contributed by atoms with E-state index >= 15 is 0 Å². The number of hydrogen-bond donors (Lipinski definition) is 2. The summed E-state index contributed by atoms with van der Waals surface area (Å²) in [7, 11) is 0. The van der Waals surface area contributed by atoms with Crippen molar-refractivity contribution >= 4 is 17.9 Å². The van der Waals surface area contributed by atoms with Crippen molar-refractivity contribution in [2.75, 3.05) is 32.7 Å². The molecule has 2 N–H and O–H groups in total. The zero-order valence-corrected chi connectivity index (χ0v) is 21.7. The number of piperidine rings is 2. The monoisotopic (exact) mass is 506 g/mol. The third kappa shape index (κ3) is 4.45. The Hall–Kier alpha value is -1.71. The van der Waals surface area contributed by atoms with Crippen LogP contribution < -0.4 is 0 Å². The smallest absolute Gasteiger partial charge is 0.414 e. The largest absolute Gasteiger partial charge is 0.473 e. The highest BCUT2D eigenvalue weighted by atomic mass is 16.6. The summed E-state index contributed by atoms with van der Waals surface area (Å²) in [5, 5.41) is 14.8. The summed E-state index contributed by atoms with van der Waals surface area (Å²) in [5.74, 6) is -2.68. The van der Waals surface area contributed by atoms with Gasteiger partial charge in [0.15, 0.2) is 0 Å². The first-order chi connectivity index (χ1) is 17.2. The van der Waals surface area contributed by atoms with Gasteiger partial charge in [-0.2, -0.15) is 0 Å². The van der Waals surface area contributed by atoms with E-state index in [0.29, 0.717) is 5.92 Å². The van der Waals surface area contributed by atoms with Crippen LogP contribution in [0, 0.1) is 23.2 Å². The summed E-state index contributed by atoms with van der Waals surface area (Å²) < 4.78 is 12.6. The molecule has 4 aliphatic heterocycles. The first-order valence-corrected chi connectivity index (χ1v) is 14.0. The molecule has 0 bridgehead atoms. The third-order valence-electron chi connectivity index (χ3n) is 10.3. The Morgan fingerprint density at radius 1 is 1.00 bits per heavy atom. The van der Waals surface area contributed by atoms with Crippen molar-refractivity contribution in [3.8, 4) is 0 Å². The summed E-state index contributed by atoms with van der Waals surface area (Å²) in [6, 6.07) is 0.762. The van der Waals surface area contributed by atoms with Crippen molar-refractivity contribution in [1.82, 2.24) is 9.80 Å². The Labute approximate surface area is 213 Å². The zero-order valence-electron chi connectivity index (χ0n) is 21.7. The van der Waals surface area contributed by atoms with E-state index in [9.17, 15) is 4.79 Å². The zero-order chi connectivity index (χ0) is 25.7. The summed E-state index contributed by atoms with van der Waals surface area (Å²) >= 11 is 0. The average molecular weight is 507 g/mol. The number of fused-ring (bicyclic) bond motifs is 2. The number of rotatable bonds is 3. The van der Waals surface area contributed by atoms with Crippen LogP contribution >= 0.6 is 0 Å². The van der Waals surface area contributed by atoms with Gasteiger partial charge >= 0.3 is 17.9 Å². The molecule has 0 amide bonds. The van der Waals surface area contributed by atoms with E-state index in [4.69, 9.17) is 29.3 Å². The van der Waals surface area contributed by atoms with Gasteiger partial charge in [0.25, 0.3) is 0 Å². The Kier molecular flexibility index (Phi) is 7.11. The second-order valence-corrected chi connectivity index (χ2v) is 12.3. The molecule has 9 nitrogen and oxygen atoms in total. The molecule has 6 fully saturated rings. The van der Waals surface area contributed by atoms with E-state index < -0.39 is 11.9 Å². The number of carboxylic acid groups (broad SMARTS) is 2. The molecule has 1 spiro atoms. The first kappa shape index (κ1) is 25.9. The molecule has 2 aliphatic carbocycles. The van der Waals surface area contributed by atoms with Gasteiger partial charge in [-0.1, -0.05) is 26.7 Å². The van der Waals surface area contributed by atoms with E-state index in [1.165, 1.54) is 64.5 Å². The number of carbonyl (C=O) groups excluding carboxylic acids is 1. The van der Waals surface area contributed by atoms with E-state index in [1.807, 2.05) is 0 Å². The van der Waals surface area contributed by atoms with Gasteiger partial charge in [0.1, 0.15) is 11.7 Å². The molecule has 4 heterocycles. The topological polar surface area (TPSA) is 120 Å². The molecule has 4 saturated heterocycles. The maximum absolute atomic E-state index is 13.0. The van der Waals surface area contributed by atoms with Crippen molar-refractivity contribution in [1.29, 1.82) is 0 Å². The molecular formula is C27H42N2O7. The molecule has 0 radical (unpaired) electrons. The summed E-state index contributed by atoms with van der Waals surface area (Å²) in [6.45, 7) is 10.5. The fourth-order valence-corrected chi connectivity index (χ4v) is 8.47. The second-order valence-electron chi connectivity index (χ2n) is 12.3. The predicted molar refractivity (Wildman–Crippen MR) is 130 cm³/mol. The number of aliphatic carboxylic acids is 2. The minimum atomic E-state index is -1.82. The highest BCUT2D eigenvalue weighted by molar-refractivity contribution is 6.27. The SMILES string of the molecule is C[C@H]1CCC[C@]2(C)C[C@H]3OC(=O)C(CN4CCC(N5CCCCC5)CC4)[C@H]3C3OC312.O=C(O)C(=O)O. The van der Waals surface area contributed by atoms with Crippen molar-refractivity contribution < 1.29 is 34.1 Å². The molecule has 2 saturated carbocycles. The predicted octanol–water partition coefficient (Wildman–Crippen LogP) is 2.62. The highest BCUT2D eigenvalue weighted by Gasteiger charge is 2.78. The molecule has 36 heavy (non-hydrogen) atoms. The van der Waals surface area contributed by atoms with Crippen LogP contribution in [0.1, 0.15) is 71.6 Å². The van der Waals surface area contributed by atoms with Crippen LogP contribution in [0.25, 0.3) is 0 Å². The molecule has 0 aromatic heterocycles. The number of likely N-dealkylation sites (tertiary alicyclic amines) is 2. The van der Waals surface area contributed by atoms with Crippen LogP contribution in [0.2, 0.25) is 0 Å². The van der Waals surface area contributed by atoms with Crippen LogP contribution in [0.15, 0.2) is 0 Å². The lowest BCUT2D eigenvalue weighted by atomic mass is 9.53. The van der Waals surface area contributed by atoms with Crippen LogP contribution in [0.5, 0.6) is 0 Å². The molecule has 202 valence electrons. The number of ether oxygens (including phenoxy) is 2. The number of nitrogens with zero attached hydrogens (tertiary/aromatic N) is 2. The number of esters is 1. The van der Waals surface area contributed by atoms with Crippen molar-refractivity contribution in [3.05, 3.63) is 0 Å². The number of hydrogen-bond acceptors (Lipinski definition) is 7. The van der Waals surface area contributed by atoms with Crippen LogP contribution in [0.4, 0.5) is 0 Å². The number of epoxide rings is 1. The fourth-order valence-electron chi connectivity index (χ4n) is 8.47. The Morgan fingerprint density at radius 2 is 1.67 bits per heavy atom. The lowest BCUT2D eigenvalue weighted by Gasteiger charge is -2.49. The highest BCUT2D eigenvalue weighted by Crippen LogP contribution is 2.70. The second kappa shape index (κ2) is 9.87. The van der Waals surface area contributed by atoms with Gasteiger partial charge in [0.2, 0.25) is 0 Å². The van der Waals surface area contributed by atoms with Gasteiger partial charge in [-0.3, -0.25) is 4.79 Å². The van der Waals surface area contributed by atoms with E-state index in [0.717, 1.165) is 32.1 Å². The fraction of sp³-hybridized carbons (Fsp3) is 0.889. The maximum atomic E-state index is 13.0. The molecule has 3 unspecified atom stereocenters. The Bertz CT molecular complexity index is 856. The Balaban J connectivity index is 0.000000400. The van der Waals surface area contributed by atoms with Gasteiger partial charge in [0, 0.05) is 23.9 Å². The quantitative estimate of drug-likeness (QED) is 0.338. The first-order valence-electron chi connectivity index (χ1n) is 14.0. The number of carboxylic acids is 2. The molecule has 6 aliphatic rings. The van der Waals surface area contributed by atoms with Crippen molar-refractivity contribution in [3.63, 3.8) is 0 Å². The van der Waals surface area contributed by atoms with Gasteiger partial charge in [-0.15, -0.1) is 0 Å². The minimum Gasteiger partial charge on any atom is -0.473 e. The molecular weight excluding hydrogens is 464 g/mol.